The van der Waals surface area contributed by atoms with Crippen LogP contribution in [0.5, 0.6) is 0 Å². The summed E-state index contributed by atoms with van der Waals surface area (Å²) in [7, 11) is 0. The van der Waals surface area contributed by atoms with E-state index in [2.05, 4.69) is 22.5 Å². The second kappa shape index (κ2) is 7.59. The van der Waals surface area contributed by atoms with E-state index in [1.807, 2.05) is 19.1 Å². The molecule has 0 unspecified atom stereocenters. The average molecular weight is 302 g/mol. The van der Waals surface area contributed by atoms with Gasteiger partial charge in [-0.2, -0.15) is 0 Å². The number of carbonyl (C=O) groups excluding carboxylic acids is 2. The summed E-state index contributed by atoms with van der Waals surface area (Å²) in [6.45, 7) is 5.24. The van der Waals surface area contributed by atoms with E-state index in [1.165, 1.54) is 0 Å². The lowest BCUT2D eigenvalue weighted by Crippen LogP contribution is -2.27. The summed E-state index contributed by atoms with van der Waals surface area (Å²) in [5.41, 5.74) is 0.923. The number of fused-ring (bicyclic) bond motifs is 1. The Kier molecular flexibility index (Phi) is 5.52. The molecule has 6 nitrogen and oxygen atoms in total. The number of imidazole rings is 1. The number of aromatic nitrogens is 2. The van der Waals surface area contributed by atoms with E-state index < -0.39 is 0 Å². The van der Waals surface area contributed by atoms with Crippen LogP contribution in [-0.4, -0.2) is 34.3 Å². The van der Waals surface area contributed by atoms with Crippen molar-refractivity contribution >= 4 is 17.3 Å². The van der Waals surface area contributed by atoms with Gasteiger partial charge in [0.15, 0.2) is 5.69 Å². The summed E-state index contributed by atoms with van der Waals surface area (Å²) >= 11 is 0. The molecule has 2 heterocycles. The molecule has 0 saturated heterocycles. The molecule has 0 spiro atoms. The molecule has 0 aliphatic carbocycles. The summed E-state index contributed by atoms with van der Waals surface area (Å²) < 4.78 is 1.65. The van der Waals surface area contributed by atoms with E-state index in [0.29, 0.717) is 18.6 Å². The Balaban J connectivity index is 2.31. The average Bonchev–Trinajstić information content (AvgIpc) is 2.92. The number of nitrogens with one attached hydrogen (secondary N) is 2. The predicted octanol–water partition coefficient (Wildman–Crippen LogP) is 2.00. The van der Waals surface area contributed by atoms with Crippen LogP contribution in [0.1, 0.15) is 54.2 Å². The fourth-order valence-electron chi connectivity index (χ4n) is 2.15. The van der Waals surface area contributed by atoms with Crippen molar-refractivity contribution in [2.24, 2.45) is 0 Å². The zero-order valence-corrected chi connectivity index (χ0v) is 13.1. The second-order valence-electron chi connectivity index (χ2n) is 5.11. The third-order valence-electron chi connectivity index (χ3n) is 3.32. The standard InChI is InChI=1S/C16H22N4O2/c1-3-5-10-18-16(22)14-19-13(15(21)17-9-4-2)12-8-6-7-11-20(12)14/h6-8,11H,3-5,9-10H2,1-2H3,(H,17,21)(H,18,22). The largest absolute Gasteiger partial charge is 0.351 e. The summed E-state index contributed by atoms with van der Waals surface area (Å²) in [5.74, 6) is -0.268. The van der Waals surface area contributed by atoms with Crippen LogP contribution in [0.3, 0.4) is 0 Å². The van der Waals surface area contributed by atoms with Gasteiger partial charge in [0.05, 0.1) is 5.52 Å². The van der Waals surface area contributed by atoms with Crippen molar-refractivity contribution in [1.29, 1.82) is 0 Å². The monoisotopic (exact) mass is 302 g/mol. The molecule has 2 aromatic rings. The second-order valence-corrected chi connectivity index (χ2v) is 5.11. The molecule has 0 bridgehead atoms. The van der Waals surface area contributed by atoms with Gasteiger partial charge in [0.2, 0.25) is 5.82 Å². The Labute approximate surface area is 129 Å². The van der Waals surface area contributed by atoms with E-state index in [4.69, 9.17) is 0 Å². The van der Waals surface area contributed by atoms with Crippen molar-refractivity contribution in [3.8, 4) is 0 Å². The number of pyridine rings is 1. The topological polar surface area (TPSA) is 75.5 Å². The number of rotatable bonds is 7. The van der Waals surface area contributed by atoms with Crippen molar-refractivity contribution in [3.05, 3.63) is 35.9 Å². The normalized spacial score (nSPS) is 10.6. The Bertz CT molecular complexity index is 663. The highest BCUT2D eigenvalue weighted by Crippen LogP contribution is 2.13. The van der Waals surface area contributed by atoms with Crippen LogP contribution in [0.15, 0.2) is 24.4 Å². The minimum atomic E-state index is -0.260. The molecule has 0 aliphatic rings. The van der Waals surface area contributed by atoms with Crippen LogP contribution < -0.4 is 10.6 Å². The first-order valence-electron chi connectivity index (χ1n) is 7.72. The summed E-state index contributed by atoms with van der Waals surface area (Å²) in [5, 5.41) is 5.63. The molecule has 2 rings (SSSR count). The lowest BCUT2D eigenvalue weighted by Gasteiger charge is -2.02. The Morgan fingerprint density at radius 1 is 1.09 bits per heavy atom. The van der Waals surface area contributed by atoms with E-state index in [-0.39, 0.29) is 23.3 Å². The fraction of sp³-hybridized carbons (Fsp3) is 0.438. The number of hydrogen-bond donors (Lipinski definition) is 2. The third kappa shape index (κ3) is 3.44. The number of nitrogens with zero attached hydrogens (tertiary/aromatic N) is 2. The highest BCUT2D eigenvalue weighted by molar-refractivity contribution is 6.02. The molecular weight excluding hydrogens is 280 g/mol. The molecule has 22 heavy (non-hydrogen) atoms. The van der Waals surface area contributed by atoms with Gasteiger partial charge in [0.25, 0.3) is 11.8 Å². The lowest BCUT2D eigenvalue weighted by molar-refractivity contribution is 0.0942. The highest BCUT2D eigenvalue weighted by atomic mass is 16.2. The van der Waals surface area contributed by atoms with Gasteiger partial charge in [-0.3, -0.25) is 14.0 Å². The number of carbonyl (C=O) groups is 2. The van der Waals surface area contributed by atoms with Gasteiger partial charge in [0.1, 0.15) is 0 Å². The minimum Gasteiger partial charge on any atom is -0.351 e. The molecule has 0 aromatic carbocycles. The molecule has 0 atom stereocenters. The van der Waals surface area contributed by atoms with E-state index in [9.17, 15) is 9.59 Å². The molecule has 0 aliphatic heterocycles. The SMILES string of the molecule is CCCCNC(=O)c1nc(C(=O)NCCC)c2ccccn12. The predicted molar refractivity (Wildman–Crippen MR) is 85.1 cm³/mol. The van der Waals surface area contributed by atoms with Gasteiger partial charge in [-0.25, -0.2) is 4.98 Å². The maximum absolute atomic E-state index is 12.3. The zero-order chi connectivity index (χ0) is 15.9. The summed E-state index contributed by atoms with van der Waals surface area (Å²) in [6, 6.07) is 5.42. The fourth-order valence-corrected chi connectivity index (χ4v) is 2.15. The summed E-state index contributed by atoms with van der Waals surface area (Å²) in [4.78, 5) is 28.7. The van der Waals surface area contributed by atoms with Gasteiger partial charge in [-0.15, -0.1) is 0 Å². The summed E-state index contributed by atoms with van der Waals surface area (Å²) in [6.07, 6.45) is 4.52. The van der Waals surface area contributed by atoms with Crippen molar-refractivity contribution < 1.29 is 9.59 Å². The van der Waals surface area contributed by atoms with Gasteiger partial charge in [-0.05, 0) is 25.0 Å². The van der Waals surface area contributed by atoms with Crippen molar-refractivity contribution in [2.45, 2.75) is 33.1 Å². The van der Waals surface area contributed by atoms with Crippen LogP contribution >= 0.6 is 0 Å². The molecule has 0 saturated carbocycles. The van der Waals surface area contributed by atoms with Crippen molar-refractivity contribution in [2.75, 3.05) is 13.1 Å². The molecule has 6 heteroatoms. The van der Waals surface area contributed by atoms with Crippen LogP contribution in [0.4, 0.5) is 0 Å². The van der Waals surface area contributed by atoms with Crippen molar-refractivity contribution in [1.82, 2.24) is 20.0 Å². The quantitative estimate of drug-likeness (QED) is 0.768. The first kappa shape index (κ1) is 16.0. The van der Waals surface area contributed by atoms with Crippen LogP contribution in [-0.2, 0) is 0 Å². The smallest absolute Gasteiger partial charge is 0.287 e. The number of hydrogen-bond acceptors (Lipinski definition) is 3. The van der Waals surface area contributed by atoms with Gasteiger partial charge >= 0.3 is 0 Å². The molecule has 2 aromatic heterocycles. The van der Waals surface area contributed by atoms with Crippen LogP contribution in [0.25, 0.3) is 5.52 Å². The Hall–Kier alpha value is -2.37. The Morgan fingerprint density at radius 3 is 2.59 bits per heavy atom. The molecule has 118 valence electrons. The number of amides is 2. The highest BCUT2D eigenvalue weighted by Gasteiger charge is 2.20. The molecule has 2 N–H and O–H groups in total. The third-order valence-corrected chi connectivity index (χ3v) is 3.32. The van der Waals surface area contributed by atoms with Gasteiger partial charge < -0.3 is 10.6 Å². The zero-order valence-electron chi connectivity index (χ0n) is 13.1. The van der Waals surface area contributed by atoms with E-state index in [0.717, 1.165) is 19.3 Å². The van der Waals surface area contributed by atoms with Crippen LogP contribution in [0, 0.1) is 0 Å². The van der Waals surface area contributed by atoms with Crippen molar-refractivity contribution in [3.63, 3.8) is 0 Å². The lowest BCUT2D eigenvalue weighted by atomic mass is 10.3. The van der Waals surface area contributed by atoms with Gasteiger partial charge in [0, 0.05) is 19.3 Å². The maximum Gasteiger partial charge on any atom is 0.287 e. The van der Waals surface area contributed by atoms with E-state index >= 15 is 0 Å². The van der Waals surface area contributed by atoms with E-state index in [1.54, 1.807) is 16.7 Å². The maximum atomic E-state index is 12.3. The van der Waals surface area contributed by atoms with Gasteiger partial charge in [-0.1, -0.05) is 26.3 Å². The molecular formula is C16H22N4O2. The molecule has 0 radical (unpaired) electrons. The minimum absolute atomic E-state index is 0.244. The molecule has 0 fully saturated rings. The first-order chi connectivity index (χ1) is 10.7. The number of unbranched alkanes of at least 4 members (excludes halogenated alkanes) is 1. The van der Waals surface area contributed by atoms with Crippen LogP contribution in [0.2, 0.25) is 0 Å². The first-order valence-corrected chi connectivity index (χ1v) is 7.72. The Morgan fingerprint density at radius 2 is 1.86 bits per heavy atom. The molecule has 2 amide bonds.